The Labute approximate surface area is 120 Å². The molecular weight excluding hydrogens is 285 g/mol. The number of hydrogen-bond donors (Lipinski definition) is 0. The molecule has 2 atom stereocenters. The van der Waals surface area contributed by atoms with E-state index in [4.69, 9.17) is 4.74 Å². The summed E-state index contributed by atoms with van der Waals surface area (Å²) >= 11 is 0. The fourth-order valence-electron chi connectivity index (χ4n) is 3.13. The predicted molar refractivity (Wildman–Crippen MR) is 68.1 cm³/mol. The molecule has 0 spiro atoms. The zero-order valence-corrected chi connectivity index (χ0v) is 11.2. The van der Waals surface area contributed by atoms with E-state index in [1.807, 2.05) is 0 Å². The lowest BCUT2D eigenvalue weighted by Crippen LogP contribution is -2.30. The average Bonchev–Trinajstić information content (AvgIpc) is 2.76. The lowest BCUT2D eigenvalue weighted by molar-refractivity contribution is -0.274. The van der Waals surface area contributed by atoms with Gasteiger partial charge in [-0.15, -0.1) is 13.2 Å². The first-order valence-corrected chi connectivity index (χ1v) is 6.96. The standard InChI is InChI=1S/C15H15F3O3/c16-15(17,18)21-11-3-1-9(2-4-11)14(19)10-7-12-5-6-13(8-10)20-12/h1-4,10,12-13H,5-8H2. The largest absolute Gasteiger partial charge is 0.573 e. The number of fused-ring (bicyclic) bond motifs is 2. The van der Waals surface area contributed by atoms with E-state index in [0.29, 0.717) is 18.4 Å². The summed E-state index contributed by atoms with van der Waals surface area (Å²) in [6, 6.07) is 5.13. The van der Waals surface area contributed by atoms with Gasteiger partial charge >= 0.3 is 6.36 Å². The van der Waals surface area contributed by atoms with Gasteiger partial charge in [0.1, 0.15) is 5.75 Å². The molecule has 1 aromatic carbocycles. The Hall–Kier alpha value is -1.56. The van der Waals surface area contributed by atoms with Crippen LogP contribution in [0.3, 0.4) is 0 Å². The lowest BCUT2D eigenvalue weighted by atomic mass is 9.88. The zero-order chi connectivity index (χ0) is 15.0. The SMILES string of the molecule is O=C(c1ccc(OC(F)(F)F)cc1)C1CC2CCC(C1)O2. The van der Waals surface area contributed by atoms with Gasteiger partial charge in [0.05, 0.1) is 12.2 Å². The topological polar surface area (TPSA) is 35.5 Å². The van der Waals surface area contributed by atoms with Crippen molar-refractivity contribution in [1.29, 1.82) is 0 Å². The summed E-state index contributed by atoms with van der Waals surface area (Å²) in [6.45, 7) is 0. The smallest absolute Gasteiger partial charge is 0.406 e. The van der Waals surface area contributed by atoms with Gasteiger partial charge < -0.3 is 9.47 Å². The third-order valence-electron chi connectivity index (χ3n) is 4.03. The molecule has 114 valence electrons. The zero-order valence-electron chi connectivity index (χ0n) is 11.2. The Kier molecular flexibility index (Phi) is 3.65. The van der Waals surface area contributed by atoms with Gasteiger partial charge in [-0.05, 0) is 49.9 Å². The second-order valence-electron chi connectivity index (χ2n) is 5.56. The summed E-state index contributed by atoms with van der Waals surface area (Å²) in [6.07, 6.45) is -1.01. The van der Waals surface area contributed by atoms with E-state index in [0.717, 1.165) is 12.8 Å². The monoisotopic (exact) mass is 300 g/mol. The van der Waals surface area contributed by atoms with Crippen molar-refractivity contribution in [3.8, 4) is 5.75 Å². The van der Waals surface area contributed by atoms with E-state index in [1.54, 1.807) is 0 Å². The van der Waals surface area contributed by atoms with E-state index in [1.165, 1.54) is 24.3 Å². The van der Waals surface area contributed by atoms with Crippen molar-refractivity contribution in [2.75, 3.05) is 0 Å². The highest BCUT2D eigenvalue weighted by molar-refractivity contribution is 5.98. The van der Waals surface area contributed by atoms with Gasteiger partial charge in [-0.25, -0.2) is 0 Å². The molecule has 2 bridgehead atoms. The summed E-state index contributed by atoms with van der Waals surface area (Å²) in [4.78, 5) is 12.4. The molecule has 0 radical (unpaired) electrons. The molecule has 2 aliphatic heterocycles. The molecule has 21 heavy (non-hydrogen) atoms. The first-order valence-electron chi connectivity index (χ1n) is 6.96. The van der Waals surface area contributed by atoms with Gasteiger partial charge in [0.25, 0.3) is 0 Å². The van der Waals surface area contributed by atoms with Crippen LogP contribution in [0, 0.1) is 5.92 Å². The fourth-order valence-corrected chi connectivity index (χ4v) is 3.13. The number of carbonyl (C=O) groups excluding carboxylic acids is 1. The van der Waals surface area contributed by atoms with Crippen LogP contribution in [0.4, 0.5) is 13.2 Å². The maximum atomic E-state index is 12.4. The molecule has 3 rings (SSSR count). The van der Waals surface area contributed by atoms with Crippen LogP contribution in [0.25, 0.3) is 0 Å². The summed E-state index contributed by atoms with van der Waals surface area (Å²) < 4.78 is 45.7. The van der Waals surface area contributed by atoms with E-state index in [9.17, 15) is 18.0 Å². The van der Waals surface area contributed by atoms with Gasteiger partial charge in [-0.2, -0.15) is 0 Å². The molecule has 1 aromatic rings. The Balaban J connectivity index is 1.67. The molecule has 0 N–H and O–H groups in total. The first-order chi connectivity index (χ1) is 9.90. The molecular formula is C15H15F3O3. The second kappa shape index (κ2) is 5.33. The Morgan fingerprint density at radius 1 is 1.10 bits per heavy atom. The molecule has 0 aliphatic carbocycles. The molecule has 0 aromatic heterocycles. The predicted octanol–water partition coefficient (Wildman–Crippen LogP) is 3.73. The van der Waals surface area contributed by atoms with Crippen LogP contribution < -0.4 is 4.74 Å². The Morgan fingerprint density at radius 2 is 1.67 bits per heavy atom. The third-order valence-corrected chi connectivity index (χ3v) is 4.03. The normalized spacial score (nSPS) is 28.4. The van der Waals surface area contributed by atoms with Crippen molar-refractivity contribution in [2.24, 2.45) is 5.92 Å². The summed E-state index contributed by atoms with van der Waals surface area (Å²) in [5.74, 6) is -0.425. The number of ether oxygens (including phenoxy) is 2. The van der Waals surface area contributed by atoms with Crippen molar-refractivity contribution in [1.82, 2.24) is 0 Å². The Bertz CT molecular complexity index is 512. The molecule has 2 aliphatic rings. The average molecular weight is 300 g/mol. The van der Waals surface area contributed by atoms with Gasteiger partial charge in [0.2, 0.25) is 0 Å². The minimum absolute atomic E-state index is 0.0197. The maximum Gasteiger partial charge on any atom is 0.573 e. The number of carbonyl (C=O) groups is 1. The number of hydrogen-bond acceptors (Lipinski definition) is 3. The molecule has 0 amide bonds. The molecule has 0 saturated carbocycles. The first kappa shape index (κ1) is 14.4. The number of ketones is 1. The van der Waals surface area contributed by atoms with Crippen LogP contribution in [-0.4, -0.2) is 24.4 Å². The molecule has 2 unspecified atom stereocenters. The van der Waals surface area contributed by atoms with Crippen LogP contribution in [0.5, 0.6) is 5.75 Å². The fraction of sp³-hybridized carbons (Fsp3) is 0.533. The number of halogens is 3. The van der Waals surface area contributed by atoms with Gasteiger partial charge in [-0.1, -0.05) is 0 Å². The Morgan fingerprint density at radius 3 is 2.19 bits per heavy atom. The van der Waals surface area contributed by atoms with E-state index in [-0.39, 0.29) is 29.7 Å². The number of rotatable bonds is 3. The lowest BCUT2D eigenvalue weighted by Gasteiger charge is -2.27. The van der Waals surface area contributed by atoms with Crippen molar-refractivity contribution in [3.63, 3.8) is 0 Å². The number of benzene rings is 1. The van der Waals surface area contributed by atoms with Crippen LogP contribution in [0.15, 0.2) is 24.3 Å². The highest BCUT2D eigenvalue weighted by Gasteiger charge is 2.38. The molecule has 3 nitrogen and oxygen atoms in total. The maximum absolute atomic E-state index is 12.4. The van der Waals surface area contributed by atoms with E-state index < -0.39 is 6.36 Å². The molecule has 2 heterocycles. The van der Waals surface area contributed by atoms with Crippen molar-refractivity contribution >= 4 is 5.78 Å². The quantitative estimate of drug-likeness (QED) is 0.798. The van der Waals surface area contributed by atoms with Crippen molar-refractivity contribution in [3.05, 3.63) is 29.8 Å². The molecule has 6 heteroatoms. The van der Waals surface area contributed by atoms with Crippen LogP contribution in [-0.2, 0) is 4.74 Å². The van der Waals surface area contributed by atoms with Crippen molar-refractivity contribution < 1.29 is 27.4 Å². The van der Waals surface area contributed by atoms with Gasteiger partial charge in [0.15, 0.2) is 5.78 Å². The second-order valence-corrected chi connectivity index (χ2v) is 5.56. The van der Waals surface area contributed by atoms with E-state index in [2.05, 4.69) is 4.74 Å². The molecule has 2 saturated heterocycles. The highest BCUT2D eigenvalue weighted by Crippen LogP contribution is 2.37. The van der Waals surface area contributed by atoms with Crippen LogP contribution in [0.2, 0.25) is 0 Å². The van der Waals surface area contributed by atoms with Crippen molar-refractivity contribution in [2.45, 2.75) is 44.3 Å². The summed E-state index contributed by atoms with van der Waals surface area (Å²) in [7, 11) is 0. The summed E-state index contributed by atoms with van der Waals surface area (Å²) in [5.41, 5.74) is 0.427. The van der Waals surface area contributed by atoms with Crippen LogP contribution >= 0.6 is 0 Å². The minimum Gasteiger partial charge on any atom is -0.406 e. The number of alkyl halides is 3. The van der Waals surface area contributed by atoms with Gasteiger partial charge in [-0.3, -0.25) is 4.79 Å². The summed E-state index contributed by atoms with van der Waals surface area (Å²) in [5, 5.41) is 0. The number of Topliss-reactive ketones (excluding diaryl/α,β-unsaturated/α-hetero) is 1. The van der Waals surface area contributed by atoms with Crippen LogP contribution in [0.1, 0.15) is 36.0 Å². The van der Waals surface area contributed by atoms with E-state index >= 15 is 0 Å². The highest BCUT2D eigenvalue weighted by atomic mass is 19.4. The third kappa shape index (κ3) is 3.37. The molecule has 2 fully saturated rings. The van der Waals surface area contributed by atoms with Gasteiger partial charge in [0, 0.05) is 11.5 Å². The minimum atomic E-state index is -4.72.